The van der Waals surface area contributed by atoms with E-state index in [1.54, 1.807) is 0 Å². The van der Waals surface area contributed by atoms with Crippen LogP contribution in [-0.2, 0) is 5.41 Å². The molecule has 1 aliphatic rings. The first-order chi connectivity index (χ1) is 38.5. The standard InChI is InChI=1S/C74H54N4/c1-74(2)67-49-63(76(59-40-36-55(37-41-59)51-21-7-3-8-22-51)61-31-19-29-57(47-61)53-25-11-5-12-26-53)44-45-64(67)66-50-69-71(65-33-15-16-34-68(65)78(69)70-35-17-18-46-75-70)73(72(66)74)77(60-42-38-56(39-43-60)52-23-9-4-10-24-52)62-32-20-30-58(48-62)54-27-13-6-14-28-54/h3-50H,1-2H3. The molecule has 0 spiro atoms. The van der Waals surface area contributed by atoms with Gasteiger partial charge in [0.25, 0.3) is 0 Å². The number of aromatic nitrogens is 2. The maximum absolute atomic E-state index is 5.04. The third-order valence-electron chi connectivity index (χ3n) is 15.8. The zero-order valence-electron chi connectivity index (χ0n) is 43.5. The second-order valence-corrected chi connectivity index (χ2v) is 20.8. The highest BCUT2D eigenvalue weighted by atomic mass is 15.2. The van der Waals surface area contributed by atoms with Crippen LogP contribution in [0.5, 0.6) is 0 Å². The summed E-state index contributed by atoms with van der Waals surface area (Å²) in [6, 6.07) is 104. The molecule has 2 aromatic heterocycles. The number of anilines is 6. The average Bonchev–Trinajstić information content (AvgIpc) is 4.20. The Balaban J connectivity index is 1.03. The summed E-state index contributed by atoms with van der Waals surface area (Å²) in [6.45, 7) is 4.86. The van der Waals surface area contributed by atoms with Gasteiger partial charge in [0.05, 0.1) is 16.7 Å². The summed E-state index contributed by atoms with van der Waals surface area (Å²) in [7, 11) is 0. The predicted octanol–water partition coefficient (Wildman–Crippen LogP) is 20.1. The minimum atomic E-state index is -0.494. The predicted molar refractivity (Wildman–Crippen MR) is 327 cm³/mol. The SMILES string of the molecule is CC1(C)c2cc(N(c3ccc(-c4ccccc4)cc3)c3cccc(-c4ccccc4)c3)ccc2-c2cc3c(c(N(c4ccc(-c5ccccc5)cc4)c4cccc(-c5ccccc5)c4)c21)c1ccccc1n3-c1ccccn1. The highest BCUT2D eigenvalue weighted by Gasteiger charge is 2.42. The number of para-hydroxylation sites is 1. The molecule has 0 saturated heterocycles. The second kappa shape index (κ2) is 19.3. The number of pyridine rings is 1. The number of hydrogen-bond donors (Lipinski definition) is 0. The Morgan fingerprint density at radius 1 is 0.333 bits per heavy atom. The number of rotatable bonds is 11. The van der Waals surface area contributed by atoms with Crippen LogP contribution in [-0.4, -0.2) is 9.55 Å². The van der Waals surface area contributed by atoms with Gasteiger partial charge in [-0.25, -0.2) is 4.98 Å². The van der Waals surface area contributed by atoms with Gasteiger partial charge < -0.3 is 9.80 Å². The van der Waals surface area contributed by atoms with Gasteiger partial charge in [-0.15, -0.1) is 0 Å². The van der Waals surface area contributed by atoms with Gasteiger partial charge >= 0.3 is 0 Å². The molecule has 0 radical (unpaired) electrons. The Morgan fingerprint density at radius 3 is 1.33 bits per heavy atom. The van der Waals surface area contributed by atoms with Crippen molar-refractivity contribution in [2.75, 3.05) is 9.80 Å². The molecule has 78 heavy (non-hydrogen) atoms. The van der Waals surface area contributed by atoms with Gasteiger partial charge in [0, 0.05) is 50.8 Å². The van der Waals surface area contributed by atoms with Crippen LogP contribution in [0.15, 0.2) is 291 Å². The van der Waals surface area contributed by atoms with Crippen molar-refractivity contribution in [2.45, 2.75) is 19.3 Å². The lowest BCUT2D eigenvalue weighted by Crippen LogP contribution is -2.21. The summed E-state index contributed by atoms with van der Waals surface area (Å²) in [4.78, 5) is 10.0. The molecule has 0 unspecified atom stereocenters. The van der Waals surface area contributed by atoms with E-state index in [1.165, 1.54) is 61.0 Å². The number of fused-ring (bicyclic) bond motifs is 6. The minimum Gasteiger partial charge on any atom is -0.310 e. The lowest BCUT2D eigenvalue weighted by Gasteiger charge is -2.34. The quantitative estimate of drug-likeness (QED) is 0.129. The van der Waals surface area contributed by atoms with Crippen LogP contribution >= 0.6 is 0 Å². The summed E-state index contributed by atoms with van der Waals surface area (Å²) in [5.41, 5.74) is 22.6. The molecule has 0 saturated carbocycles. The van der Waals surface area contributed by atoms with E-state index < -0.39 is 5.41 Å². The molecule has 0 N–H and O–H groups in total. The normalized spacial score (nSPS) is 12.3. The molecule has 0 bridgehead atoms. The van der Waals surface area contributed by atoms with Gasteiger partial charge in [-0.3, -0.25) is 4.57 Å². The Kier molecular flexibility index (Phi) is 11.5. The molecule has 2 heterocycles. The summed E-state index contributed by atoms with van der Waals surface area (Å²) in [5, 5.41) is 2.34. The van der Waals surface area contributed by atoms with E-state index in [9.17, 15) is 0 Å². The van der Waals surface area contributed by atoms with Gasteiger partial charge in [0.15, 0.2) is 0 Å². The van der Waals surface area contributed by atoms with Crippen LogP contribution in [0.1, 0.15) is 25.0 Å². The van der Waals surface area contributed by atoms with E-state index in [0.29, 0.717) is 0 Å². The maximum atomic E-state index is 5.04. The lowest BCUT2D eigenvalue weighted by atomic mass is 9.80. The molecule has 4 heteroatoms. The first-order valence-electron chi connectivity index (χ1n) is 26.9. The molecule has 1 aliphatic carbocycles. The summed E-state index contributed by atoms with van der Waals surface area (Å²) in [6.07, 6.45) is 1.90. The van der Waals surface area contributed by atoms with E-state index in [-0.39, 0.29) is 0 Å². The molecule has 11 aromatic carbocycles. The fraction of sp³-hybridized carbons (Fsp3) is 0.0405. The van der Waals surface area contributed by atoms with E-state index in [1.807, 2.05) is 12.3 Å². The van der Waals surface area contributed by atoms with Crippen molar-refractivity contribution in [1.82, 2.24) is 9.55 Å². The van der Waals surface area contributed by atoms with Gasteiger partial charge in [-0.1, -0.05) is 214 Å². The Hall–Kier alpha value is -10.0. The summed E-state index contributed by atoms with van der Waals surface area (Å²) in [5.74, 6) is 0.874. The smallest absolute Gasteiger partial charge is 0.137 e. The second-order valence-electron chi connectivity index (χ2n) is 20.8. The van der Waals surface area contributed by atoms with Crippen LogP contribution in [0, 0.1) is 0 Å². The van der Waals surface area contributed by atoms with E-state index in [2.05, 4.69) is 307 Å². The molecule has 0 aliphatic heterocycles. The monoisotopic (exact) mass is 998 g/mol. The zero-order valence-corrected chi connectivity index (χ0v) is 43.5. The largest absolute Gasteiger partial charge is 0.310 e. The molecule has 370 valence electrons. The van der Waals surface area contributed by atoms with Gasteiger partial charge in [0.1, 0.15) is 5.82 Å². The Morgan fingerprint density at radius 2 is 0.782 bits per heavy atom. The topological polar surface area (TPSA) is 24.3 Å². The van der Waals surface area contributed by atoms with Crippen molar-refractivity contribution < 1.29 is 0 Å². The average molecular weight is 999 g/mol. The third-order valence-corrected chi connectivity index (χ3v) is 15.8. The fourth-order valence-electron chi connectivity index (χ4n) is 12.1. The fourth-order valence-corrected chi connectivity index (χ4v) is 12.1. The van der Waals surface area contributed by atoms with Crippen LogP contribution < -0.4 is 9.80 Å². The van der Waals surface area contributed by atoms with Gasteiger partial charge in [-0.05, 0) is 152 Å². The number of nitrogens with zero attached hydrogens (tertiary/aromatic N) is 4. The van der Waals surface area contributed by atoms with E-state index >= 15 is 0 Å². The van der Waals surface area contributed by atoms with Gasteiger partial charge in [-0.2, -0.15) is 0 Å². The molecular formula is C74H54N4. The van der Waals surface area contributed by atoms with Crippen molar-refractivity contribution in [3.8, 4) is 61.5 Å². The lowest BCUT2D eigenvalue weighted by molar-refractivity contribution is 0.661. The molecular weight excluding hydrogens is 945 g/mol. The van der Waals surface area contributed by atoms with Crippen molar-refractivity contribution >= 4 is 55.9 Å². The van der Waals surface area contributed by atoms with Gasteiger partial charge in [0.2, 0.25) is 0 Å². The van der Waals surface area contributed by atoms with E-state index in [4.69, 9.17) is 4.98 Å². The Bertz CT molecular complexity index is 4300. The first-order valence-corrected chi connectivity index (χ1v) is 26.9. The van der Waals surface area contributed by atoms with Crippen molar-refractivity contribution in [2.24, 2.45) is 0 Å². The van der Waals surface area contributed by atoms with Crippen molar-refractivity contribution in [3.63, 3.8) is 0 Å². The molecule has 14 rings (SSSR count). The molecule has 13 aromatic rings. The van der Waals surface area contributed by atoms with E-state index in [0.717, 1.165) is 67.5 Å². The highest BCUT2D eigenvalue weighted by molar-refractivity contribution is 6.20. The number of hydrogen-bond acceptors (Lipinski definition) is 3. The van der Waals surface area contributed by atoms with Crippen LogP contribution in [0.3, 0.4) is 0 Å². The molecule has 4 nitrogen and oxygen atoms in total. The Labute approximate surface area is 456 Å². The number of benzene rings is 11. The highest BCUT2D eigenvalue weighted by Crippen LogP contribution is 2.59. The zero-order chi connectivity index (χ0) is 52.2. The van der Waals surface area contributed by atoms with Crippen LogP contribution in [0.4, 0.5) is 34.1 Å². The summed E-state index contributed by atoms with van der Waals surface area (Å²) < 4.78 is 2.37. The maximum Gasteiger partial charge on any atom is 0.137 e. The first kappa shape index (κ1) is 46.5. The minimum absolute atomic E-state index is 0.494. The van der Waals surface area contributed by atoms with Crippen LogP contribution in [0.2, 0.25) is 0 Å². The molecule has 0 fully saturated rings. The third kappa shape index (κ3) is 8.05. The molecule has 0 atom stereocenters. The van der Waals surface area contributed by atoms with Crippen molar-refractivity contribution in [3.05, 3.63) is 302 Å². The van der Waals surface area contributed by atoms with Crippen molar-refractivity contribution in [1.29, 1.82) is 0 Å². The summed E-state index contributed by atoms with van der Waals surface area (Å²) >= 11 is 0. The van der Waals surface area contributed by atoms with Crippen LogP contribution in [0.25, 0.3) is 83.3 Å². The molecule has 0 amide bonds.